The number of aryl methyl sites for hydroxylation is 1. The highest BCUT2D eigenvalue weighted by Gasteiger charge is 2.11. The van der Waals surface area contributed by atoms with Crippen molar-refractivity contribution in [3.8, 4) is 0 Å². The van der Waals surface area contributed by atoms with Gasteiger partial charge < -0.3 is 10.2 Å². The molecule has 0 aliphatic carbocycles. The lowest BCUT2D eigenvalue weighted by Crippen LogP contribution is -2.36. The second-order valence-corrected chi connectivity index (χ2v) is 6.05. The van der Waals surface area contributed by atoms with Gasteiger partial charge in [0.1, 0.15) is 0 Å². The summed E-state index contributed by atoms with van der Waals surface area (Å²) in [4.78, 5) is 13.8. The van der Waals surface area contributed by atoms with Crippen LogP contribution in [0.1, 0.15) is 44.4 Å². The summed E-state index contributed by atoms with van der Waals surface area (Å²) >= 11 is 0. The quantitative estimate of drug-likeness (QED) is 0.852. The average Bonchev–Trinajstić information content (AvgIpc) is 3.14. The third kappa shape index (κ3) is 4.84. The van der Waals surface area contributed by atoms with E-state index in [9.17, 15) is 4.79 Å². The third-order valence-electron chi connectivity index (χ3n) is 3.53. The molecule has 7 nitrogen and oxygen atoms in total. The summed E-state index contributed by atoms with van der Waals surface area (Å²) in [6, 6.07) is 0.216. The fraction of sp³-hybridized carbons (Fsp3) is 0.562. The van der Waals surface area contributed by atoms with Crippen molar-refractivity contribution >= 4 is 6.03 Å². The van der Waals surface area contributed by atoms with Crippen LogP contribution in [0.5, 0.6) is 0 Å². The summed E-state index contributed by atoms with van der Waals surface area (Å²) < 4.78 is 3.79. The van der Waals surface area contributed by atoms with Crippen LogP contribution < -0.4 is 5.32 Å². The Morgan fingerprint density at radius 3 is 2.65 bits per heavy atom. The molecule has 0 spiro atoms. The van der Waals surface area contributed by atoms with E-state index in [2.05, 4.69) is 36.3 Å². The Hall–Kier alpha value is -2.31. The van der Waals surface area contributed by atoms with E-state index in [0.717, 1.165) is 24.1 Å². The Balaban J connectivity index is 1.81. The molecule has 0 saturated carbocycles. The number of nitrogens with zero attached hydrogens (tertiary/aromatic N) is 5. The molecule has 0 bridgehead atoms. The van der Waals surface area contributed by atoms with Crippen LogP contribution in [0.4, 0.5) is 4.79 Å². The maximum absolute atomic E-state index is 12.2. The number of rotatable bonds is 7. The van der Waals surface area contributed by atoms with Gasteiger partial charge in [0.05, 0.1) is 18.9 Å². The van der Waals surface area contributed by atoms with Gasteiger partial charge in [-0.15, -0.1) is 0 Å². The van der Waals surface area contributed by atoms with Gasteiger partial charge in [0.25, 0.3) is 0 Å². The topological polar surface area (TPSA) is 68.0 Å². The molecular weight excluding hydrogens is 292 g/mol. The number of aromatic nitrogens is 4. The molecule has 0 fully saturated rings. The molecule has 7 heteroatoms. The van der Waals surface area contributed by atoms with Crippen LogP contribution in [0.25, 0.3) is 0 Å². The third-order valence-corrected chi connectivity index (χ3v) is 3.53. The van der Waals surface area contributed by atoms with E-state index >= 15 is 0 Å². The highest BCUT2D eigenvalue weighted by atomic mass is 16.2. The number of urea groups is 1. The van der Waals surface area contributed by atoms with Gasteiger partial charge in [-0.2, -0.15) is 10.2 Å². The van der Waals surface area contributed by atoms with Gasteiger partial charge in [0.15, 0.2) is 0 Å². The number of hydrogen-bond acceptors (Lipinski definition) is 3. The van der Waals surface area contributed by atoms with Crippen molar-refractivity contribution in [3.63, 3.8) is 0 Å². The molecular formula is C16H26N6O. The Kier molecular flexibility index (Phi) is 5.78. The lowest BCUT2D eigenvalue weighted by Gasteiger charge is -2.16. The van der Waals surface area contributed by atoms with Crippen molar-refractivity contribution in [2.24, 2.45) is 0 Å². The van der Waals surface area contributed by atoms with Gasteiger partial charge >= 0.3 is 6.03 Å². The predicted octanol–water partition coefficient (Wildman–Crippen LogP) is 2.41. The van der Waals surface area contributed by atoms with Gasteiger partial charge in [0, 0.05) is 49.7 Å². The first-order valence-electron chi connectivity index (χ1n) is 8.03. The van der Waals surface area contributed by atoms with Crippen molar-refractivity contribution in [2.75, 3.05) is 7.05 Å². The van der Waals surface area contributed by atoms with Crippen LogP contribution in [0.3, 0.4) is 0 Å². The highest BCUT2D eigenvalue weighted by Crippen LogP contribution is 2.07. The Morgan fingerprint density at radius 1 is 1.26 bits per heavy atom. The van der Waals surface area contributed by atoms with Crippen LogP contribution in [0.15, 0.2) is 24.8 Å². The molecule has 0 atom stereocenters. The average molecular weight is 318 g/mol. The zero-order valence-electron chi connectivity index (χ0n) is 14.4. The van der Waals surface area contributed by atoms with Crippen molar-refractivity contribution in [1.82, 2.24) is 29.8 Å². The standard InChI is InChI=1S/C16H26N6O/c1-5-6-21-11-14(8-18-21)7-17-16(23)20(4)10-15-9-19-22(12-15)13(2)3/h8-9,11-13H,5-7,10H2,1-4H3,(H,17,23). The maximum Gasteiger partial charge on any atom is 0.317 e. The van der Waals surface area contributed by atoms with E-state index in [1.165, 1.54) is 0 Å². The number of amides is 2. The number of carbonyl (C=O) groups is 1. The van der Waals surface area contributed by atoms with Crippen molar-refractivity contribution in [3.05, 3.63) is 35.9 Å². The van der Waals surface area contributed by atoms with Gasteiger partial charge in [-0.05, 0) is 20.3 Å². The summed E-state index contributed by atoms with van der Waals surface area (Å²) in [5.74, 6) is 0. The van der Waals surface area contributed by atoms with Crippen LogP contribution >= 0.6 is 0 Å². The maximum atomic E-state index is 12.2. The van der Waals surface area contributed by atoms with Crippen molar-refractivity contribution in [1.29, 1.82) is 0 Å². The van der Waals surface area contributed by atoms with Crippen LogP contribution in [-0.4, -0.2) is 37.5 Å². The molecule has 1 N–H and O–H groups in total. The predicted molar refractivity (Wildman–Crippen MR) is 88.8 cm³/mol. The molecule has 126 valence electrons. The Morgan fingerprint density at radius 2 is 2.00 bits per heavy atom. The summed E-state index contributed by atoms with van der Waals surface area (Å²) in [6.45, 7) is 8.18. The minimum atomic E-state index is -0.106. The molecule has 2 aromatic rings. The molecule has 2 heterocycles. The second-order valence-electron chi connectivity index (χ2n) is 6.05. The summed E-state index contributed by atoms with van der Waals surface area (Å²) in [6.07, 6.45) is 8.58. The smallest absolute Gasteiger partial charge is 0.317 e. The fourth-order valence-corrected chi connectivity index (χ4v) is 2.25. The lowest BCUT2D eigenvalue weighted by atomic mass is 10.3. The van der Waals surface area contributed by atoms with Crippen LogP contribution in [0.2, 0.25) is 0 Å². The molecule has 2 amide bonds. The van der Waals surface area contributed by atoms with Gasteiger partial charge in [-0.3, -0.25) is 9.36 Å². The molecule has 0 radical (unpaired) electrons. The van der Waals surface area contributed by atoms with Gasteiger partial charge in [-0.25, -0.2) is 4.79 Å². The lowest BCUT2D eigenvalue weighted by molar-refractivity contribution is 0.206. The Bertz CT molecular complexity index is 630. The van der Waals surface area contributed by atoms with E-state index in [0.29, 0.717) is 19.1 Å². The van der Waals surface area contributed by atoms with E-state index in [1.807, 2.05) is 21.8 Å². The first kappa shape index (κ1) is 17.1. The molecule has 0 aromatic carbocycles. The zero-order valence-corrected chi connectivity index (χ0v) is 14.4. The van der Waals surface area contributed by atoms with E-state index < -0.39 is 0 Å². The summed E-state index contributed by atoms with van der Waals surface area (Å²) in [5.41, 5.74) is 2.03. The number of hydrogen-bond donors (Lipinski definition) is 1. The fourth-order valence-electron chi connectivity index (χ4n) is 2.25. The molecule has 0 unspecified atom stereocenters. The first-order chi connectivity index (χ1) is 11.0. The van der Waals surface area contributed by atoms with Crippen LogP contribution in [0, 0.1) is 0 Å². The molecule has 2 rings (SSSR count). The van der Waals surface area contributed by atoms with Crippen molar-refractivity contribution < 1.29 is 4.79 Å². The van der Waals surface area contributed by atoms with Crippen LogP contribution in [-0.2, 0) is 19.6 Å². The minimum absolute atomic E-state index is 0.106. The van der Waals surface area contributed by atoms with Gasteiger partial charge in [-0.1, -0.05) is 6.92 Å². The largest absolute Gasteiger partial charge is 0.334 e. The second kappa shape index (κ2) is 7.80. The monoisotopic (exact) mass is 318 g/mol. The minimum Gasteiger partial charge on any atom is -0.334 e. The first-order valence-corrected chi connectivity index (χ1v) is 8.03. The summed E-state index contributed by atoms with van der Waals surface area (Å²) in [7, 11) is 1.78. The zero-order chi connectivity index (χ0) is 16.8. The Labute approximate surface area is 137 Å². The van der Waals surface area contributed by atoms with Crippen molar-refractivity contribution in [2.45, 2.75) is 52.9 Å². The van der Waals surface area contributed by atoms with E-state index in [4.69, 9.17) is 0 Å². The summed E-state index contributed by atoms with van der Waals surface area (Å²) in [5, 5.41) is 11.5. The molecule has 0 saturated heterocycles. The van der Waals surface area contributed by atoms with Gasteiger partial charge in [0.2, 0.25) is 0 Å². The number of nitrogens with one attached hydrogen (secondary N) is 1. The number of carbonyl (C=O) groups excluding carboxylic acids is 1. The normalized spacial score (nSPS) is 11.0. The highest BCUT2D eigenvalue weighted by molar-refractivity contribution is 5.73. The SMILES string of the molecule is CCCn1cc(CNC(=O)N(C)Cc2cnn(C(C)C)c2)cn1. The molecule has 0 aliphatic rings. The van der Waals surface area contributed by atoms with E-state index in [-0.39, 0.29) is 6.03 Å². The molecule has 23 heavy (non-hydrogen) atoms. The molecule has 0 aliphatic heterocycles. The molecule has 2 aromatic heterocycles. The van der Waals surface area contributed by atoms with E-state index in [1.54, 1.807) is 24.3 Å².